The van der Waals surface area contributed by atoms with Crippen molar-refractivity contribution in [2.75, 3.05) is 13.2 Å². The molecule has 0 saturated carbocycles. The van der Waals surface area contributed by atoms with Crippen molar-refractivity contribution in [2.45, 2.75) is 13.3 Å². The Labute approximate surface area is 50.0 Å². The van der Waals surface area contributed by atoms with Gasteiger partial charge >= 0.3 is 0 Å². The van der Waals surface area contributed by atoms with Gasteiger partial charge in [0, 0.05) is 0 Å². The van der Waals surface area contributed by atoms with E-state index in [-0.39, 0.29) is 0 Å². The number of hydrogen-bond donors (Lipinski definition) is 0. The molecule has 0 N–H and O–H groups in total. The molecule has 0 aromatic rings. The van der Waals surface area contributed by atoms with Crippen molar-refractivity contribution in [3.05, 3.63) is 12.7 Å². The van der Waals surface area contributed by atoms with Crippen molar-refractivity contribution in [3.8, 4) is 0 Å². The fourth-order valence-corrected chi connectivity index (χ4v) is 0.238. The van der Waals surface area contributed by atoms with Crippen molar-refractivity contribution < 1.29 is 9.78 Å². The van der Waals surface area contributed by atoms with Crippen LogP contribution in [0, 0.1) is 0 Å². The third-order valence-corrected chi connectivity index (χ3v) is 0.557. The average molecular weight is 116 g/mol. The maximum Gasteiger partial charge on any atom is 0.100 e. The lowest BCUT2D eigenvalue weighted by Crippen LogP contribution is -1.94. The molecule has 0 unspecified atom stereocenters. The summed E-state index contributed by atoms with van der Waals surface area (Å²) in [6.07, 6.45) is 2.63. The second kappa shape index (κ2) is 6.66. The van der Waals surface area contributed by atoms with E-state index in [9.17, 15) is 0 Å². The minimum absolute atomic E-state index is 0.472. The van der Waals surface area contributed by atoms with Gasteiger partial charge in [-0.05, 0) is 6.42 Å². The standard InChI is InChI=1S/C6H12O2/c1-3-5-7-8-6-4-2/h3H,1,4-6H2,2H3. The molecular weight excluding hydrogens is 104 g/mol. The third-order valence-electron chi connectivity index (χ3n) is 0.557. The summed E-state index contributed by atoms with van der Waals surface area (Å²) in [5.74, 6) is 0. The van der Waals surface area contributed by atoms with Crippen LogP contribution in [0.25, 0.3) is 0 Å². The SMILES string of the molecule is C=CCOOCCC. The van der Waals surface area contributed by atoms with Gasteiger partial charge in [0.2, 0.25) is 0 Å². The molecule has 0 spiro atoms. The molecule has 0 aromatic carbocycles. The molecule has 0 aliphatic carbocycles. The van der Waals surface area contributed by atoms with Crippen molar-refractivity contribution in [2.24, 2.45) is 0 Å². The molecular formula is C6H12O2. The van der Waals surface area contributed by atoms with E-state index < -0.39 is 0 Å². The molecule has 0 rings (SSSR count). The first kappa shape index (κ1) is 7.66. The van der Waals surface area contributed by atoms with E-state index in [2.05, 4.69) is 16.4 Å². The highest BCUT2D eigenvalue weighted by Gasteiger charge is 1.79. The summed E-state index contributed by atoms with van der Waals surface area (Å²) < 4.78 is 0. The minimum Gasteiger partial charge on any atom is -0.236 e. The first-order valence-corrected chi connectivity index (χ1v) is 2.77. The van der Waals surface area contributed by atoms with Crippen LogP contribution >= 0.6 is 0 Å². The zero-order valence-corrected chi connectivity index (χ0v) is 5.22. The molecule has 0 saturated heterocycles. The zero-order valence-electron chi connectivity index (χ0n) is 5.22. The Kier molecular flexibility index (Phi) is 6.38. The quantitative estimate of drug-likeness (QED) is 0.235. The lowest BCUT2D eigenvalue weighted by atomic mass is 10.5. The predicted molar refractivity (Wildman–Crippen MR) is 32.4 cm³/mol. The largest absolute Gasteiger partial charge is 0.236 e. The van der Waals surface area contributed by atoms with Gasteiger partial charge in [-0.2, -0.15) is 0 Å². The van der Waals surface area contributed by atoms with Crippen LogP contribution in [-0.2, 0) is 9.78 Å². The highest BCUT2D eigenvalue weighted by atomic mass is 17.2. The van der Waals surface area contributed by atoms with Crippen LogP contribution in [0.5, 0.6) is 0 Å². The Bertz CT molecular complexity index is 52.5. The second-order valence-corrected chi connectivity index (χ2v) is 1.40. The summed E-state index contributed by atoms with van der Waals surface area (Å²) in [5.41, 5.74) is 0. The lowest BCUT2D eigenvalue weighted by molar-refractivity contribution is -0.285. The van der Waals surface area contributed by atoms with Crippen LogP contribution in [0.2, 0.25) is 0 Å². The molecule has 0 atom stereocenters. The molecule has 48 valence electrons. The monoisotopic (exact) mass is 116 g/mol. The summed E-state index contributed by atoms with van der Waals surface area (Å²) in [4.78, 5) is 9.26. The molecule has 0 amide bonds. The highest BCUT2D eigenvalue weighted by molar-refractivity contribution is 4.62. The number of hydrogen-bond acceptors (Lipinski definition) is 2. The Morgan fingerprint density at radius 2 is 2.25 bits per heavy atom. The van der Waals surface area contributed by atoms with Crippen LogP contribution in [0.3, 0.4) is 0 Å². The van der Waals surface area contributed by atoms with E-state index >= 15 is 0 Å². The first-order chi connectivity index (χ1) is 3.91. The van der Waals surface area contributed by atoms with E-state index in [1.54, 1.807) is 6.08 Å². The van der Waals surface area contributed by atoms with E-state index in [4.69, 9.17) is 0 Å². The summed E-state index contributed by atoms with van der Waals surface area (Å²) in [6, 6.07) is 0. The fourth-order valence-electron chi connectivity index (χ4n) is 0.238. The lowest BCUT2D eigenvalue weighted by Gasteiger charge is -1.96. The highest BCUT2D eigenvalue weighted by Crippen LogP contribution is 1.81. The average Bonchev–Trinajstić information content (AvgIpc) is 1.81. The molecule has 0 heterocycles. The Hall–Kier alpha value is -0.340. The van der Waals surface area contributed by atoms with E-state index in [0.29, 0.717) is 13.2 Å². The van der Waals surface area contributed by atoms with Crippen molar-refractivity contribution in [3.63, 3.8) is 0 Å². The topological polar surface area (TPSA) is 18.5 Å². The van der Waals surface area contributed by atoms with Gasteiger partial charge < -0.3 is 0 Å². The van der Waals surface area contributed by atoms with E-state index in [1.165, 1.54) is 0 Å². The second-order valence-electron chi connectivity index (χ2n) is 1.40. The molecule has 8 heavy (non-hydrogen) atoms. The summed E-state index contributed by atoms with van der Waals surface area (Å²) in [5, 5.41) is 0. The van der Waals surface area contributed by atoms with Gasteiger partial charge in [0.25, 0.3) is 0 Å². The van der Waals surface area contributed by atoms with Gasteiger partial charge in [-0.15, -0.1) is 6.58 Å². The van der Waals surface area contributed by atoms with Crippen molar-refractivity contribution in [1.29, 1.82) is 0 Å². The van der Waals surface area contributed by atoms with Gasteiger partial charge in [-0.3, -0.25) is 0 Å². The van der Waals surface area contributed by atoms with E-state index in [1.807, 2.05) is 6.92 Å². The predicted octanol–water partition coefficient (Wildman–Crippen LogP) is 1.53. The maximum atomic E-state index is 4.65. The summed E-state index contributed by atoms with van der Waals surface area (Å²) in [6.45, 7) is 6.61. The van der Waals surface area contributed by atoms with Crippen LogP contribution in [0.1, 0.15) is 13.3 Å². The minimum atomic E-state index is 0.472. The third kappa shape index (κ3) is 5.66. The molecule has 2 nitrogen and oxygen atoms in total. The molecule has 0 fully saturated rings. The van der Waals surface area contributed by atoms with Crippen LogP contribution in [-0.4, -0.2) is 13.2 Å². The van der Waals surface area contributed by atoms with E-state index in [0.717, 1.165) is 6.42 Å². The summed E-state index contributed by atoms with van der Waals surface area (Å²) >= 11 is 0. The Balaban J connectivity index is 2.62. The van der Waals surface area contributed by atoms with Crippen molar-refractivity contribution >= 4 is 0 Å². The van der Waals surface area contributed by atoms with Gasteiger partial charge in [0.05, 0.1) is 6.61 Å². The molecule has 0 aromatic heterocycles. The molecule has 0 bridgehead atoms. The van der Waals surface area contributed by atoms with Crippen LogP contribution < -0.4 is 0 Å². The number of rotatable bonds is 5. The molecule has 0 aliphatic rings. The molecule has 0 radical (unpaired) electrons. The molecule has 2 heteroatoms. The van der Waals surface area contributed by atoms with Gasteiger partial charge in [0.1, 0.15) is 6.61 Å². The summed E-state index contributed by atoms with van der Waals surface area (Å²) in [7, 11) is 0. The molecule has 0 aliphatic heterocycles. The maximum absolute atomic E-state index is 4.65. The van der Waals surface area contributed by atoms with Crippen LogP contribution in [0.4, 0.5) is 0 Å². The zero-order chi connectivity index (χ0) is 6.24. The first-order valence-electron chi connectivity index (χ1n) is 2.77. The van der Waals surface area contributed by atoms with Gasteiger partial charge in [0.15, 0.2) is 0 Å². The Morgan fingerprint density at radius 1 is 1.50 bits per heavy atom. The normalized spacial score (nSPS) is 9.12. The Morgan fingerprint density at radius 3 is 2.75 bits per heavy atom. The smallest absolute Gasteiger partial charge is 0.100 e. The van der Waals surface area contributed by atoms with Crippen LogP contribution in [0.15, 0.2) is 12.7 Å². The van der Waals surface area contributed by atoms with Gasteiger partial charge in [-0.1, -0.05) is 13.0 Å². The fraction of sp³-hybridized carbons (Fsp3) is 0.667. The van der Waals surface area contributed by atoms with Crippen molar-refractivity contribution in [1.82, 2.24) is 0 Å². The van der Waals surface area contributed by atoms with Gasteiger partial charge in [-0.25, -0.2) is 9.78 Å².